The van der Waals surface area contributed by atoms with E-state index in [1.807, 2.05) is 57.2 Å². The van der Waals surface area contributed by atoms with Crippen LogP contribution in [0.25, 0.3) is 5.57 Å². The fourth-order valence-electron chi connectivity index (χ4n) is 3.61. The van der Waals surface area contributed by atoms with Gasteiger partial charge in [-0.25, -0.2) is 4.90 Å². The van der Waals surface area contributed by atoms with Crippen molar-refractivity contribution in [1.29, 1.82) is 0 Å². The molecule has 0 aliphatic carbocycles. The summed E-state index contributed by atoms with van der Waals surface area (Å²) in [7, 11) is 1.58. The summed E-state index contributed by atoms with van der Waals surface area (Å²) in [5.74, 6) is -0.197. The smallest absolute Gasteiger partial charge is 0.282 e. The second kappa shape index (κ2) is 8.52. The maximum Gasteiger partial charge on any atom is 0.282 e. The molecule has 32 heavy (non-hydrogen) atoms. The SMILES string of the molecule is COc1cccc(NC2=C(c3ccc(C)c(C)c3)C(=O)N(c3ccc(C)c(Cl)c3)C2=O)c1. The summed E-state index contributed by atoms with van der Waals surface area (Å²) in [6.45, 7) is 5.85. The average Bonchev–Trinajstić information content (AvgIpc) is 3.02. The van der Waals surface area contributed by atoms with Gasteiger partial charge in [-0.1, -0.05) is 41.9 Å². The Morgan fingerprint density at radius 1 is 0.844 bits per heavy atom. The van der Waals surface area contributed by atoms with E-state index in [0.29, 0.717) is 33.3 Å². The van der Waals surface area contributed by atoms with Gasteiger partial charge in [0.1, 0.15) is 11.4 Å². The van der Waals surface area contributed by atoms with Crippen molar-refractivity contribution in [1.82, 2.24) is 0 Å². The third-order valence-electron chi connectivity index (χ3n) is 5.63. The lowest BCUT2D eigenvalue weighted by molar-refractivity contribution is -0.120. The van der Waals surface area contributed by atoms with Crippen molar-refractivity contribution in [3.05, 3.63) is 93.6 Å². The number of carbonyl (C=O) groups excluding carboxylic acids is 2. The van der Waals surface area contributed by atoms with Gasteiger partial charge >= 0.3 is 0 Å². The number of hydrogen-bond donors (Lipinski definition) is 1. The van der Waals surface area contributed by atoms with E-state index >= 15 is 0 Å². The van der Waals surface area contributed by atoms with Gasteiger partial charge in [-0.3, -0.25) is 9.59 Å². The highest BCUT2D eigenvalue weighted by molar-refractivity contribution is 6.46. The monoisotopic (exact) mass is 446 g/mol. The summed E-state index contributed by atoms with van der Waals surface area (Å²) in [4.78, 5) is 28.3. The number of ether oxygens (including phenoxy) is 1. The number of rotatable bonds is 5. The van der Waals surface area contributed by atoms with Gasteiger partial charge in [0.05, 0.1) is 18.4 Å². The van der Waals surface area contributed by atoms with Crippen LogP contribution in [0.1, 0.15) is 22.3 Å². The first kappa shape index (κ1) is 21.7. The second-order valence-corrected chi connectivity index (χ2v) is 8.19. The topological polar surface area (TPSA) is 58.6 Å². The summed E-state index contributed by atoms with van der Waals surface area (Å²) >= 11 is 6.29. The number of nitrogens with zero attached hydrogens (tertiary/aromatic N) is 1. The maximum atomic E-state index is 13.6. The van der Waals surface area contributed by atoms with Crippen LogP contribution in [0.2, 0.25) is 5.02 Å². The quantitative estimate of drug-likeness (QED) is 0.513. The maximum absolute atomic E-state index is 13.6. The molecule has 1 N–H and O–H groups in total. The molecule has 0 saturated carbocycles. The van der Waals surface area contributed by atoms with Gasteiger partial charge in [-0.15, -0.1) is 0 Å². The van der Waals surface area contributed by atoms with Crippen LogP contribution in [-0.4, -0.2) is 18.9 Å². The van der Waals surface area contributed by atoms with Crippen molar-refractivity contribution >= 4 is 40.4 Å². The van der Waals surface area contributed by atoms with Gasteiger partial charge in [-0.2, -0.15) is 0 Å². The lowest BCUT2D eigenvalue weighted by Crippen LogP contribution is -2.32. The van der Waals surface area contributed by atoms with Crippen molar-refractivity contribution in [3.63, 3.8) is 0 Å². The Balaban J connectivity index is 1.84. The Hall–Kier alpha value is -3.57. The zero-order valence-corrected chi connectivity index (χ0v) is 19.1. The first-order chi connectivity index (χ1) is 15.3. The van der Waals surface area contributed by atoms with Crippen LogP contribution in [0, 0.1) is 20.8 Å². The molecule has 3 aromatic rings. The Labute approximate surface area is 192 Å². The largest absolute Gasteiger partial charge is 0.497 e. The molecule has 6 heteroatoms. The van der Waals surface area contributed by atoms with Crippen molar-refractivity contribution in [2.24, 2.45) is 0 Å². The normalized spacial score (nSPS) is 13.7. The highest BCUT2D eigenvalue weighted by Crippen LogP contribution is 2.36. The van der Waals surface area contributed by atoms with Crippen molar-refractivity contribution in [3.8, 4) is 5.75 Å². The molecule has 5 nitrogen and oxygen atoms in total. The fourth-order valence-corrected chi connectivity index (χ4v) is 3.79. The number of carbonyl (C=O) groups is 2. The molecule has 1 aliphatic rings. The van der Waals surface area contributed by atoms with E-state index in [9.17, 15) is 9.59 Å². The van der Waals surface area contributed by atoms with Gasteiger partial charge in [0.2, 0.25) is 0 Å². The Bertz CT molecular complexity index is 1280. The number of hydrogen-bond acceptors (Lipinski definition) is 4. The van der Waals surface area contributed by atoms with E-state index in [1.54, 1.807) is 31.4 Å². The third kappa shape index (κ3) is 3.87. The van der Waals surface area contributed by atoms with Crippen LogP contribution >= 0.6 is 11.6 Å². The minimum absolute atomic E-state index is 0.211. The van der Waals surface area contributed by atoms with Gasteiger partial charge in [0.25, 0.3) is 11.8 Å². The van der Waals surface area contributed by atoms with Crippen LogP contribution in [0.3, 0.4) is 0 Å². The molecular weight excluding hydrogens is 424 g/mol. The van der Waals surface area contributed by atoms with Crippen molar-refractivity contribution in [2.45, 2.75) is 20.8 Å². The molecular formula is C26H23ClN2O3. The number of amides is 2. The van der Waals surface area contributed by atoms with Gasteiger partial charge < -0.3 is 10.1 Å². The number of halogens is 1. The second-order valence-electron chi connectivity index (χ2n) is 7.79. The predicted octanol–water partition coefficient (Wildman–Crippen LogP) is 5.67. The minimum Gasteiger partial charge on any atom is -0.497 e. The molecule has 0 fully saturated rings. The molecule has 1 heterocycles. The number of nitrogens with one attached hydrogen (secondary N) is 1. The standard InChI is InChI=1S/C26H23ClN2O3/c1-15-8-10-18(12-17(15)3)23-24(28-19-6-5-7-21(13-19)32-4)26(31)29(25(23)30)20-11-9-16(2)22(27)14-20/h5-14,28H,1-4H3. The summed E-state index contributed by atoms with van der Waals surface area (Å²) in [5.41, 5.74) is 5.29. The van der Waals surface area contributed by atoms with Gasteiger partial charge in [0.15, 0.2) is 0 Å². The molecule has 0 radical (unpaired) electrons. The lowest BCUT2D eigenvalue weighted by atomic mass is 9.99. The van der Waals surface area contributed by atoms with Crippen LogP contribution in [0.4, 0.5) is 11.4 Å². The molecule has 0 saturated heterocycles. The molecule has 0 unspecified atom stereocenters. The van der Waals surface area contributed by atoms with Gasteiger partial charge in [-0.05, 0) is 67.3 Å². The zero-order valence-electron chi connectivity index (χ0n) is 18.3. The van der Waals surface area contributed by atoms with E-state index in [4.69, 9.17) is 16.3 Å². The van der Waals surface area contributed by atoms with Crippen molar-refractivity contribution < 1.29 is 14.3 Å². The number of methoxy groups -OCH3 is 1. The summed E-state index contributed by atoms with van der Waals surface area (Å²) in [5, 5.41) is 3.65. The molecule has 0 bridgehead atoms. The number of anilines is 2. The lowest BCUT2D eigenvalue weighted by Gasteiger charge is -2.16. The van der Waals surface area contributed by atoms with E-state index in [2.05, 4.69) is 5.32 Å². The zero-order chi connectivity index (χ0) is 23.0. The summed E-state index contributed by atoms with van der Waals surface area (Å²) < 4.78 is 5.29. The summed E-state index contributed by atoms with van der Waals surface area (Å²) in [6, 6.07) is 18.1. The van der Waals surface area contributed by atoms with E-state index in [0.717, 1.165) is 16.7 Å². The molecule has 0 atom stereocenters. The Morgan fingerprint density at radius 2 is 1.59 bits per heavy atom. The minimum atomic E-state index is -0.439. The molecule has 0 spiro atoms. The number of imide groups is 1. The van der Waals surface area contributed by atoms with Crippen LogP contribution < -0.4 is 15.0 Å². The van der Waals surface area contributed by atoms with Crippen LogP contribution in [0.5, 0.6) is 5.75 Å². The highest BCUT2D eigenvalue weighted by atomic mass is 35.5. The van der Waals surface area contributed by atoms with Crippen LogP contribution in [0.15, 0.2) is 66.4 Å². The van der Waals surface area contributed by atoms with E-state index < -0.39 is 11.8 Å². The first-order valence-electron chi connectivity index (χ1n) is 10.2. The summed E-state index contributed by atoms with van der Waals surface area (Å²) in [6.07, 6.45) is 0. The Morgan fingerprint density at radius 3 is 2.28 bits per heavy atom. The van der Waals surface area contributed by atoms with Gasteiger partial charge in [0, 0.05) is 16.8 Å². The van der Waals surface area contributed by atoms with Crippen molar-refractivity contribution in [2.75, 3.05) is 17.3 Å². The number of aryl methyl sites for hydroxylation is 3. The van der Waals surface area contributed by atoms with E-state index in [-0.39, 0.29) is 5.70 Å². The molecule has 2 amide bonds. The molecule has 3 aromatic carbocycles. The molecule has 0 aromatic heterocycles. The first-order valence-corrected chi connectivity index (χ1v) is 10.6. The predicted molar refractivity (Wildman–Crippen MR) is 128 cm³/mol. The average molecular weight is 447 g/mol. The van der Waals surface area contributed by atoms with E-state index in [1.165, 1.54) is 4.90 Å². The molecule has 162 valence electrons. The fraction of sp³-hybridized carbons (Fsp3) is 0.154. The third-order valence-corrected chi connectivity index (χ3v) is 6.04. The van der Waals surface area contributed by atoms with Crippen LogP contribution in [-0.2, 0) is 9.59 Å². The highest BCUT2D eigenvalue weighted by Gasteiger charge is 2.40. The molecule has 1 aliphatic heterocycles. The number of benzene rings is 3. The molecule has 4 rings (SSSR count). The Kier molecular flexibility index (Phi) is 5.76.